The molecule has 1 unspecified atom stereocenters. The quantitative estimate of drug-likeness (QED) is 0.817. The number of hydrogen-bond donors (Lipinski definition) is 2. The molecule has 0 amide bonds. The van der Waals surface area contributed by atoms with E-state index in [4.69, 9.17) is 4.74 Å². The molecule has 1 atom stereocenters. The van der Waals surface area contributed by atoms with Crippen molar-refractivity contribution in [2.24, 2.45) is 0 Å². The van der Waals surface area contributed by atoms with Crippen molar-refractivity contribution in [3.8, 4) is 5.75 Å². The summed E-state index contributed by atoms with van der Waals surface area (Å²) in [5.74, 6) is -0.129. The lowest BCUT2D eigenvalue weighted by Crippen LogP contribution is -2.48. The van der Waals surface area contributed by atoms with Gasteiger partial charge in [0.05, 0.1) is 7.11 Å². The number of rotatable bonds is 5. The van der Waals surface area contributed by atoms with E-state index in [0.29, 0.717) is 0 Å². The van der Waals surface area contributed by atoms with Gasteiger partial charge in [0, 0.05) is 5.41 Å². The fourth-order valence-electron chi connectivity index (χ4n) is 1.98. The Hall–Kier alpha value is -1.55. The van der Waals surface area contributed by atoms with Crippen molar-refractivity contribution in [3.63, 3.8) is 0 Å². The van der Waals surface area contributed by atoms with Crippen molar-refractivity contribution in [1.82, 2.24) is 5.32 Å². The van der Waals surface area contributed by atoms with Crippen LogP contribution in [-0.2, 0) is 10.2 Å². The van der Waals surface area contributed by atoms with Crippen molar-refractivity contribution >= 4 is 5.97 Å². The van der Waals surface area contributed by atoms with E-state index in [-0.39, 0.29) is 0 Å². The molecule has 0 aliphatic carbocycles. The van der Waals surface area contributed by atoms with Crippen molar-refractivity contribution in [2.45, 2.75) is 25.3 Å². The molecule has 94 valence electrons. The lowest BCUT2D eigenvalue weighted by atomic mass is 9.77. The number of carboxylic acids is 1. The Balaban J connectivity index is 3.14. The molecule has 0 aliphatic heterocycles. The Morgan fingerprint density at radius 2 is 2.12 bits per heavy atom. The number of aliphatic carboxylic acids is 1. The van der Waals surface area contributed by atoms with Gasteiger partial charge < -0.3 is 15.2 Å². The predicted molar refractivity (Wildman–Crippen MR) is 66.5 cm³/mol. The number of carbonyl (C=O) groups is 1. The van der Waals surface area contributed by atoms with Crippen LogP contribution in [0.4, 0.5) is 0 Å². The number of carboxylic acid groups (broad SMARTS) is 1. The van der Waals surface area contributed by atoms with Crippen LogP contribution in [-0.4, -0.2) is 31.3 Å². The molecule has 17 heavy (non-hydrogen) atoms. The molecular formula is C13H19NO3. The van der Waals surface area contributed by atoms with E-state index >= 15 is 0 Å². The van der Waals surface area contributed by atoms with Crippen LogP contribution >= 0.6 is 0 Å². The fourth-order valence-corrected chi connectivity index (χ4v) is 1.98. The molecule has 0 saturated carbocycles. The summed E-state index contributed by atoms with van der Waals surface area (Å²) in [5, 5.41) is 12.0. The predicted octanol–water partition coefficient (Wildman–Crippen LogP) is 1.65. The Bertz CT molecular complexity index is 401. The van der Waals surface area contributed by atoms with E-state index in [1.165, 1.54) is 0 Å². The highest BCUT2D eigenvalue weighted by Crippen LogP contribution is 2.29. The average molecular weight is 237 g/mol. The molecule has 0 fully saturated rings. The molecule has 0 aromatic heterocycles. The normalized spacial score (nSPS) is 13.2. The molecule has 1 aromatic rings. The second kappa shape index (κ2) is 5.19. The summed E-state index contributed by atoms with van der Waals surface area (Å²) >= 11 is 0. The summed E-state index contributed by atoms with van der Waals surface area (Å²) in [7, 11) is 3.25. The molecule has 0 saturated heterocycles. The van der Waals surface area contributed by atoms with Gasteiger partial charge in [0.15, 0.2) is 0 Å². The first-order valence-electron chi connectivity index (χ1n) is 5.48. The Morgan fingerprint density at radius 3 is 2.59 bits per heavy atom. The second-order valence-corrected chi connectivity index (χ2v) is 4.51. The molecule has 4 heteroatoms. The van der Waals surface area contributed by atoms with Crippen molar-refractivity contribution < 1.29 is 14.6 Å². The SMILES string of the molecule is CNC(C(=O)O)C(C)(C)c1cccc(OC)c1. The molecule has 1 aromatic carbocycles. The van der Waals surface area contributed by atoms with Gasteiger partial charge in [-0.1, -0.05) is 26.0 Å². The number of ether oxygens (including phenoxy) is 1. The van der Waals surface area contributed by atoms with Crippen molar-refractivity contribution in [2.75, 3.05) is 14.2 Å². The van der Waals surface area contributed by atoms with E-state index in [1.807, 2.05) is 38.1 Å². The zero-order valence-electron chi connectivity index (χ0n) is 10.7. The number of likely N-dealkylation sites (N-methyl/N-ethyl adjacent to an activating group) is 1. The van der Waals surface area contributed by atoms with E-state index in [1.54, 1.807) is 14.2 Å². The molecular weight excluding hydrogens is 218 g/mol. The van der Waals surface area contributed by atoms with Gasteiger partial charge >= 0.3 is 5.97 Å². The number of methoxy groups -OCH3 is 1. The van der Waals surface area contributed by atoms with Gasteiger partial charge in [-0.05, 0) is 24.7 Å². The maximum Gasteiger partial charge on any atom is 0.321 e. The van der Waals surface area contributed by atoms with Crippen molar-refractivity contribution in [1.29, 1.82) is 0 Å². The third-order valence-electron chi connectivity index (χ3n) is 3.07. The standard InChI is InChI=1S/C13H19NO3/c1-13(2,11(14-3)12(15)16)9-6-5-7-10(8-9)17-4/h5-8,11,14H,1-4H3,(H,15,16). The van der Waals surface area contributed by atoms with E-state index in [9.17, 15) is 9.90 Å². The Labute approximate surface area is 102 Å². The monoisotopic (exact) mass is 237 g/mol. The number of hydrogen-bond acceptors (Lipinski definition) is 3. The van der Waals surface area contributed by atoms with Gasteiger partial charge in [-0.2, -0.15) is 0 Å². The van der Waals surface area contributed by atoms with Crippen LogP contribution in [0.1, 0.15) is 19.4 Å². The Morgan fingerprint density at radius 1 is 1.47 bits per heavy atom. The van der Waals surface area contributed by atoms with Gasteiger partial charge in [0.2, 0.25) is 0 Å². The molecule has 0 bridgehead atoms. The van der Waals surface area contributed by atoms with Gasteiger partial charge in [-0.3, -0.25) is 4.79 Å². The zero-order chi connectivity index (χ0) is 13.1. The minimum atomic E-state index is -0.861. The minimum Gasteiger partial charge on any atom is -0.497 e. The highest BCUT2D eigenvalue weighted by atomic mass is 16.5. The third kappa shape index (κ3) is 2.77. The van der Waals surface area contributed by atoms with E-state index < -0.39 is 17.4 Å². The van der Waals surface area contributed by atoms with Crippen LogP contribution in [0.5, 0.6) is 5.75 Å². The largest absolute Gasteiger partial charge is 0.497 e. The molecule has 0 radical (unpaired) electrons. The van der Waals surface area contributed by atoms with Crippen LogP contribution in [0.2, 0.25) is 0 Å². The third-order valence-corrected chi connectivity index (χ3v) is 3.07. The molecule has 2 N–H and O–H groups in total. The first kappa shape index (κ1) is 13.5. The van der Waals surface area contributed by atoms with Crippen molar-refractivity contribution in [3.05, 3.63) is 29.8 Å². The first-order valence-corrected chi connectivity index (χ1v) is 5.48. The Kier molecular flexibility index (Phi) is 4.12. The number of benzene rings is 1. The van der Waals surface area contributed by atoms with Gasteiger partial charge in [-0.15, -0.1) is 0 Å². The first-order chi connectivity index (χ1) is 7.93. The summed E-state index contributed by atoms with van der Waals surface area (Å²) in [6.45, 7) is 3.80. The highest BCUT2D eigenvalue weighted by molar-refractivity contribution is 5.76. The van der Waals surface area contributed by atoms with Crippen LogP contribution in [0, 0.1) is 0 Å². The van der Waals surface area contributed by atoms with Gasteiger partial charge in [-0.25, -0.2) is 0 Å². The summed E-state index contributed by atoms with van der Waals surface area (Å²) in [4.78, 5) is 11.2. The smallest absolute Gasteiger partial charge is 0.321 e. The summed E-state index contributed by atoms with van der Waals surface area (Å²) in [6, 6.07) is 6.84. The summed E-state index contributed by atoms with van der Waals surface area (Å²) in [6.07, 6.45) is 0. The van der Waals surface area contributed by atoms with Gasteiger partial charge in [0.1, 0.15) is 11.8 Å². The lowest BCUT2D eigenvalue weighted by molar-refractivity contribution is -0.141. The highest BCUT2D eigenvalue weighted by Gasteiger charge is 2.35. The maximum atomic E-state index is 11.2. The van der Waals surface area contributed by atoms with Crippen LogP contribution in [0.3, 0.4) is 0 Å². The molecule has 0 spiro atoms. The molecule has 0 aliphatic rings. The number of nitrogens with one attached hydrogen (secondary N) is 1. The lowest BCUT2D eigenvalue weighted by Gasteiger charge is -2.31. The summed E-state index contributed by atoms with van der Waals surface area (Å²) < 4.78 is 5.16. The van der Waals surface area contributed by atoms with Crippen LogP contribution in [0.25, 0.3) is 0 Å². The average Bonchev–Trinajstić information content (AvgIpc) is 2.29. The fraction of sp³-hybridized carbons (Fsp3) is 0.462. The molecule has 1 rings (SSSR count). The second-order valence-electron chi connectivity index (χ2n) is 4.51. The van der Waals surface area contributed by atoms with Gasteiger partial charge in [0.25, 0.3) is 0 Å². The molecule has 0 heterocycles. The molecule has 4 nitrogen and oxygen atoms in total. The van der Waals surface area contributed by atoms with Crippen LogP contribution in [0.15, 0.2) is 24.3 Å². The van der Waals surface area contributed by atoms with E-state index in [2.05, 4.69) is 5.32 Å². The topological polar surface area (TPSA) is 58.6 Å². The maximum absolute atomic E-state index is 11.2. The summed E-state index contributed by atoms with van der Waals surface area (Å²) in [5.41, 5.74) is 0.411. The minimum absolute atomic E-state index is 0.519. The zero-order valence-corrected chi connectivity index (χ0v) is 10.7. The van der Waals surface area contributed by atoms with E-state index in [0.717, 1.165) is 11.3 Å². The van der Waals surface area contributed by atoms with Crippen LogP contribution < -0.4 is 10.1 Å².